The predicted molar refractivity (Wildman–Crippen MR) is 107 cm³/mol. The highest BCUT2D eigenvalue weighted by molar-refractivity contribution is 7.89. The van der Waals surface area contributed by atoms with Gasteiger partial charge in [-0.3, -0.25) is 4.79 Å². The smallest absolute Gasteiger partial charge is 0.310 e. The highest BCUT2D eigenvalue weighted by atomic mass is 32.2. The molecule has 0 amide bonds. The first-order valence-electron chi connectivity index (χ1n) is 9.64. The van der Waals surface area contributed by atoms with Gasteiger partial charge in [-0.25, -0.2) is 12.8 Å². The number of aliphatic carboxylic acids is 1. The van der Waals surface area contributed by atoms with Gasteiger partial charge in [0.15, 0.2) is 0 Å². The van der Waals surface area contributed by atoms with E-state index in [9.17, 15) is 22.7 Å². The lowest BCUT2D eigenvalue weighted by Gasteiger charge is -2.35. The van der Waals surface area contributed by atoms with Crippen molar-refractivity contribution in [2.75, 3.05) is 31.1 Å². The van der Waals surface area contributed by atoms with Gasteiger partial charge in [0.1, 0.15) is 5.82 Å². The fraction of sp³-hybridized carbons (Fsp3) is 0.381. The quantitative estimate of drug-likeness (QED) is 0.826. The van der Waals surface area contributed by atoms with Gasteiger partial charge in [0.05, 0.1) is 16.5 Å². The largest absolute Gasteiger partial charge is 0.481 e. The summed E-state index contributed by atoms with van der Waals surface area (Å²) in [5.41, 5.74) is 2.81. The van der Waals surface area contributed by atoms with Crippen molar-refractivity contribution < 1.29 is 22.7 Å². The third-order valence-electron chi connectivity index (χ3n) is 5.81. The summed E-state index contributed by atoms with van der Waals surface area (Å²) in [4.78, 5) is 13.4. The maximum absolute atomic E-state index is 14.2. The van der Waals surface area contributed by atoms with Crippen LogP contribution < -0.4 is 4.90 Å². The van der Waals surface area contributed by atoms with Gasteiger partial charge in [-0.05, 0) is 60.7 Å². The third-order valence-corrected chi connectivity index (χ3v) is 7.71. The van der Waals surface area contributed by atoms with Crippen molar-refractivity contribution in [3.8, 4) is 0 Å². The molecule has 0 saturated carbocycles. The highest BCUT2D eigenvalue weighted by Crippen LogP contribution is 2.35. The molecule has 29 heavy (non-hydrogen) atoms. The topological polar surface area (TPSA) is 77.9 Å². The van der Waals surface area contributed by atoms with Crippen molar-refractivity contribution in [2.24, 2.45) is 0 Å². The number of hydrogen-bond donors (Lipinski definition) is 1. The molecule has 4 rings (SSSR count). The minimum atomic E-state index is -3.74. The van der Waals surface area contributed by atoms with Gasteiger partial charge >= 0.3 is 5.97 Å². The zero-order chi connectivity index (χ0) is 20.8. The zero-order valence-corrected chi connectivity index (χ0v) is 17.0. The molecule has 8 heteroatoms. The molecule has 6 nitrogen and oxygen atoms in total. The molecule has 1 fully saturated rings. The number of carbonyl (C=O) groups is 1. The standard InChI is InChI=1S/C21H23FN2O4S/c1-14-2-7-20(19(22)12-14)23-8-10-24(11-9-23)29(27,28)16-5-3-15-4-6-17(21(25)26)18(15)13-16/h2-3,5,7,12-13,17H,4,6,8-11H2,1H3,(H,25,26). The zero-order valence-electron chi connectivity index (χ0n) is 16.1. The first-order chi connectivity index (χ1) is 13.8. The van der Waals surface area contributed by atoms with Crippen molar-refractivity contribution in [2.45, 2.75) is 30.6 Å². The van der Waals surface area contributed by atoms with Crippen molar-refractivity contribution in [1.82, 2.24) is 4.31 Å². The molecule has 0 bridgehead atoms. The Morgan fingerprint density at radius 2 is 1.83 bits per heavy atom. The molecular weight excluding hydrogens is 395 g/mol. The average molecular weight is 418 g/mol. The van der Waals surface area contributed by atoms with Crippen LogP contribution in [0.5, 0.6) is 0 Å². The Bertz CT molecular complexity index is 1060. The number of rotatable bonds is 4. The van der Waals surface area contributed by atoms with Gasteiger partial charge in [0, 0.05) is 26.2 Å². The third kappa shape index (κ3) is 3.62. The molecule has 0 radical (unpaired) electrons. The van der Waals surface area contributed by atoms with Gasteiger partial charge in [-0.2, -0.15) is 4.31 Å². The van der Waals surface area contributed by atoms with E-state index in [0.717, 1.165) is 11.1 Å². The van der Waals surface area contributed by atoms with E-state index in [4.69, 9.17) is 0 Å². The fourth-order valence-electron chi connectivity index (χ4n) is 4.18. The molecule has 1 aliphatic heterocycles. The van der Waals surface area contributed by atoms with Gasteiger partial charge in [0.2, 0.25) is 10.0 Å². The van der Waals surface area contributed by atoms with E-state index in [1.165, 1.54) is 16.4 Å². The van der Waals surface area contributed by atoms with Crippen LogP contribution in [0.4, 0.5) is 10.1 Å². The van der Waals surface area contributed by atoms with Crippen molar-refractivity contribution in [1.29, 1.82) is 0 Å². The van der Waals surface area contributed by atoms with E-state index in [2.05, 4.69) is 0 Å². The van der Waals surface area contributed by atoms with E-state index in [1.54, 1.807) is 18.2 Å². The summed E-state index contributed by atoms with van der Waals surface area (Å²) < 4.78 is 41.8. The number of benzene rings is 2. The van der Waals surface area contributed by atoms with Crippen LogP contribution in [0.3, 0.4) is 0 Å². The summed E-state index contributed by atoms with van der Waals surface area (Å²) in [5, 5.41) is 9.38. The van der Waals surface area contributed by atoms with Gasteiger partial charge in [-0.1, -0.05) is 12.1 Å². The molecule has 1 heterocycles. The predicted octanol–water partition coefficient (Wildman–Crippen LogP) is 2.76. The second-order valence-corrected chi connectivity index (χ2v) is 9.57. The highest BCUT2D eigenvalue weighted by Gasteiger charge is 2.33. The molecule has 154 valence electrons. The van der Waals surface area contributed by atoms with Crippen molar-refractivity contribution in [3.63, 3.8) is 0 Å². The molecular formula is C21H23FN2O4S. The fourth-order valence-corrected chi connectivity index (χ4v) is 5.64. The van der Waals surface area contributed by atoms with Crippen molar-refractivity contribution in [3.05, 3.63) is 58.9 Å². The number of aryl methyl sites for hydroxylation is 2. The SMILES string of the molecule is Cc1ccc(N2CCN(S(=O)(=O)c3ccc4c(c3)C(C(=O)O)CC4)CC2)c(F)c1. The second-order valence-electron chi connectivity index (χ2n) is 7.64. The molecule has 1 aliphatic carbocycles. The summed E-state index contributed by atoms with van der Waals surface area (Å²) >= 11 is 0. The Morgan fingerprint density at radius 3 is 2.48 bits per heavy atom. The Kier molecular flexibility index (Phi) is 5.08. The Morgan fingerprint density at radius 1 is 1.10 bits per heavy atom. The normalized spacial score (nSPS) is 19.9. The molecule has 1 unspecified atom stereocenters. The first-order valence-corrected chi connectivity index (χ1v) is 11.1. The Labute approximate surface area is 169 Å². The minimum Gasteiger partial charge on any atom is -0.481 e. The number of sulfonamides is 1. The number of fused-ring (bicyclic) bond motifs is 1. The van der Waals surface area contributed by atoms with Crippen LogP contribution in [0.1, 0.15) is 29.0 Å². The van der Waals surface area contributed by atoms with Crippen LogP contribution in [0.2, 0.25) is 0 Å². The van der Waals surface area contributed by atoms with Crippen molar-refractivity contribution >= 4 is 21.7 Å². The summed E-state index contributed by atoms with van der Waals surface area (Å²) in [6.45, 7) is 3.09. The molecule has 0 aromatic heterocycles. The average Bonchev–Trinajstić information content (AvgIpc) is 3.12. The van der Waals surface area contributed by atoms with E-state index in [1.807, 2.05) is 17.9 Å². The molecule has 1 N–H and O–H groups in total. The van der Waals surface area contributed by atoms with E-state index in [-0.39, 0.29) is 23.8 Å². The summed E-state index contributed by atoms with van der Waals surface area (Å²) in [6, 6.07) is 9.84. The van der Waals surface area contributed by atoms with Crippen LogP contribution in [0.25, 0.3) is 0 Å². The Balaban J connectivity index is 1.53. The van der Waals surface area contributed by atoms with Crippen LogP contribution in [0, 0.1) is 12.7 Å². The van der Waals surface area contributed by atoms with E-state index in [0.29, 0.717) is 37.2 Å². The van der Waals surface area contributed by atoms with Crippen LogP contribution in [-0.2, 0) is 21.2 Å². The lowest BCUT2D eigenvalue weighted by molar-refractivity contribution is -0.138. The first kappa shape index (κ1) is 19.8. The molecule has 2 aromatic carbocycles. The number of piperazine rings is 1. The van der Waals surface area contributed by atoms with Crippen LogP contribution >= 0.6 is 0 Å². The number of halogens is 1. The van der Waals surface area contributed by atoms with Gasteiger partial charge in [0.25, 0.3) is 0 Å². The van der Waals surface area contributed by atoms with E-state index < -0.39 is 21.9 Å². The second kappa shape index (κ2) is 7.42. The Hall–Kier alpha value is -2.45. The summed E-state index contributed by atoms with van der Waals surface area (Å²) in [7, 11) is -3.74. The number of anilines is 1. The van der Waals surface area contributed by atoms with Gasteiger partial charge in [-0.15, -0.1) is 0 Å². The lowest BCUT2D eigenvalue weighted by Crippen LogP contribution is -2.48. The summed E-state index contributed by atoms with van der Waals surface area (Å²) in [6.07, 6.45) is 1.14. The van der Waals surface area contributed by atoms with E-state index >= 15 is 0 Å². The molecule has 0 spiro atoms. The van der Waals surface area contributed by atoms with Gasteiger partial charge < -0.3 is 10.0 Å². The lowest BCUT2D eigenvalue weighted by atomic mass is 10.0. The van der Waals surface area contributed by atoms with Crippen LogP contribution in [0.15, 0.2) is 41.3 Å². The number of nitrogens with zero attached hydrogens (tertiary/aromatic N) is 2. The molecule has 1 saturated heterocycles. The molecule has 1 atom stereocenters. The maximum Gasteiger partial charge on any atom is 0.310 e. The molecule has 2 aliphatic rings. The monoisotopic (exact) mass is 418 g/mol. The number of hydrogen-bond acceptors (Lipinski definition) is 4. The number of carboxylic acids is 1. The molecule has 2 aromatic rings. The number of carboxylic acid groups (broad SMARTS) is 1. The van der Waals surface area contributed by atoms with Crippen LogP contribution in [-0.4, -0.2) is 50.0 Å². The maximum atomic E-state index is 14.2. The minimum absolute atomic E-state index is 0.124. The summed E-state index contributed by atoms with van der Waals surface area (Å²) in [5.74, 6) is -1.88.